The first-order chi connectivity index (χ1) is 7.81. The van der Waals surface area contributed by atoms with Crippen LogP contribution in [-0.2, 0) is 4.74 Å². The van der Waals surface area contributed by atoms with Crippen LogP contribution in [0.15, 0.2) is 24.3 Å². The topological polar surface area (TPSA) is 12.5 Å². The van der Waals surface area contributed by atoms with E-state index in [1.54, 1.807) is 0 Å². The van der Waals surface area contributed by atoms with Crippen molar-refractivity contribution in [3.05, 3.63) is 29.8 Å². The number of morpholine rings is 1. The summed E-state index contributed by atoms with van der Waals surface area (Å²) in [5.41, 5.74) is 2.77. The number of anilines is 1. The summed E-state index contributed by atoms with van der Waals surface area (Å²) in [4.78, 5) is 2.39. The van der Waals surface area contributed by atoms with Crippen molar-refractivity contribution in [1.82, 2.24) is 0 Å². The molecule has 1 atom stereocenters. The number of rotatable bonds is 3. The predicted molar refractivity (Wildman–Crippen MR) is 68.2 cm³/mol. The van der Waals surface area contributed by atoms with Crippen LogP contribution in [0, 0.1) is 0 Å². The lowest BCUT2D eigenvalue weighted by Crippen LogP contribution is -2.36. The van der Waals surface area contributed by atoms with E-state index in [2.05, 4.69) is 43.0 Å². The molecule has 0 amide bonds. The molecule has 0 N–H and O–H groups in total. The Labute approximate surface area is 98.2 Å². The van der Waals surface area contributed by atoms with Crippen LogP contribution in [0.5, 0.6) is 0 Å². The van der Waals surface area contributed by atoms with Crippen molar-refractivity contribution in [2.75, 3.05) is 31.2 Å². The van der Waals surface area contributed by atoms with E-state index < -0.39 is 0 Å². The van der Waals surface area contributed by atoms with Gasteiger partial charge in [0, 0.05) is 18.8 Å². The third-order valence-corrected chi connectivity index (χ3v) is 3.45. The molecule has 1 aromatic carbocycles. The zero-order chi connectivity index (χ0) is 11.4. The number of hydrogen-bond donors (Lipinski definition) is 0. The molecule has 2 nitrogen and oxygen atoms in total. The molecule has 1 saturated heterocycles. The van der Waals surface area contributed by atoms with Gasteiger partial charge in [-0.3, -0.25) is 0 Å². The van der Waals surface area contributed by atoms with E-state index in [0.29, 0.717) is 5.92 Å². The largest absolute Gasteiger partial charge is 0.378 e. The lowest BCUT2D eigenvalue weighted by atomic mass is 9.98. The molecule has 1 aromatic rings. The normalized spacial score (nSPS) is 18.5. The second kappa shape index (κ2) is 5.35. The van der Waals surface area contributed by atoms with Crippen LogP contribution in [0.25, 0.3) is 0 Å². The zero-order valence-electron chi connectivity index (χ0n) is 10.3. The molecule has 0 aliphatic carbocycles. The van der Waals surface area contributed by atoms with Crippen LogP contribution in [0.1, 0.15) is 31.7 Å². The summed E-state index contributed by atoms with van der Waals surface area (Å²) in [6.07, 6.45) is 1.21. The highest BCUT2D eigenvalue weighted by molar-refractivity contribution is 5.48. The summed E-state index contributed by atoms with van der Waals surface area (Å²) < 4.78 is 5.36. The Morgan fingerprint density at radius 3 is 2.38 bits per heavy atom. The van der Waals surface area contributed by atoms with Crippen LogP contribution in [-0.4, -0.2) is 26.3 Å². The van der Waals surface area contributed by atoms with Crippen molar-refractivity contribution < 1.29 is 4.74 Å². The van der Waals surface area contributed by atoms with Crippen molar-refractivity contribution >= 4 is 5.69 Å². The lowest BCUT2D eigenvalue weighted by molar-refractivity contribution is 0.122. The van der Waals surface area contributed by atoms with E-state index in [9.17, 15) is 0 Å². The fourth-order valence-electron chi connectivity index (χ4n) is 2.07. The van der Waals surface area contributed by atoms with Crippen molar-refractivity contribution in [2.45, 2.75) is 26.2 Å². The van der Waals surface area contributed by atoms with E-state index in [-0.39, 0.29) is 0 Å². The van der Waals surface area contributed by atoms with Crippen molar-refractivity contribution in [2.24, 2.45) is 0 Å². The minimum absolute atomic E-state index is 0.665. The number of nitrogens with zero attached hydrogens (tertiary/aromatic N) is 1. The Kier molecular flexibility index (Phi) is 3.83. The highest BCUT2D eigenvalue weighted by atomic mass is 16.5. The SMILES string of the molecule is CC[C@H](C)c1ccc(N2CCOCC2)cc1. The lowest BCUT2D eigenvalue weighted by Gasteiger charge is -2.29. The Bertz CT molecular complexity index is 314. The molecule has 0 unspecified atom stereocenters. The van der Waals surface area contributed by atoms with E-state index in [1.165, 1.54) is 17.7 Å². The first kappa shape index (κ1) is 11.5. The molecule has 0 spiro atoms. The standard InChI is InChI=1S/C14H21NO/c1-3-12(2)13-4-6-14(7-5-13)15-8-10-16-11-9-15/h4-7,12H,3,8-11H2,1-2H3/t12-/m0/s1. The zero-order valence-corrected chi connectivity index (χ0v) is 10.3. The monoisotopic (exact) mass is 219 g/mol. The molecule has 88 valence electrons. The third-order valence-electron chi connectivity index (χ3n) is 3.45. The maximum absolute atomic E-state index is 5.36. The second-order valence-corrected chi connectivity index (χ2v) is 4.50. The minimum atomic E-state index is 0.665. The van der Waals surface area contributed by atoms with E-state index in [4.69, 9.17) is 4.74 Å². The van der Waals surface area contributed by atoms with Crippen molar-refractivity contribution in [1.29, 1.82) is 0 Å². The van der Waals surface area contributed by atoms with E-state index >= 15 is 0 Å². The fraction of sp³-hybridized carbons (Fsp3) is 0.571. The molecule has 0 radical (unpaired) electrons. The van der Waals surface area contributed by atoms with Gasteiger partial charge < -0.3 is 9.64 Å². The molecule has 0 saturated carbocycles. The molecule has 16 heavy (non-hydrogen) atoms. The first-order valence-corrected chi connectivity index (χ1v) is 6.24. The average Bonchev–Trinajstić information content (AvgIpc) is 2.39. The summed E-state index contributed by atoms with van der Waals surface area (Å²) in [5.74, 6) is 0.665. The van der Waals surface area contributed by atoms with Crippen LogP contribution in [0.2, 0.25) is 0 Å². The summed E-state index contributed by atoms with van der Waals surface area (Å²) in [5, 5.41) is 0. The predicted octanol–water partition coefficient (Wildman–Crippen LogP) is 3.04. The molecule has 1 aliphatic heterocycles. The summed E-state index contributed by atoms with van der Waals surface area (Å²) >= 11 is 0. The van der Waals surface area contributed by atoms with Gasteiger partial charge in [0.2, 0.25) is 0 Å². The second-order valence-electron chi connectivity index (χ2n) is 4.50. The summed E-state index contributed by atoms with van der Waals surface area (Å²) in [6, 6.07) is 9.01. The van der Waals surface area contributed by atoms with Gasteiger partial charge in [-0.15, -0.1) is 0 Å². The van der Waals surface area contributed by atoms with Gasteiger partial charge in [0.25, 0.3) is 0 Å². The minimum Gasteiger partial charge on any atom is -0.378 e. The molecule has 0 bridgehead atoms. The molecule has 2 rings (SSSR count). The van der Waals surface area contributed by atoms with Crippen molar-refractivity contribution in [3.8, 4) is 0 Å². The average molecular weight is 219 g/mol. The molecular weight excluding hydrogens is 198 g/mol. The van der Waals surface area contributed by atoms with E-state index in [0.717, 1.165) is 26.3 Å². The molecule has 2 heteroatoms. The molecule has 1 heterocycles. The fourth-order valence-corrected chi connectivity index (χ4v) is 2.07. The van der Waals surface area contributed by atoms with Gasteiger partial charge in [-0.2, -0.15) is 0 Å². The van der Waals surface area contributed by atoms with Gasteiger partial charge in [-0.1, -0.05) is 26.0 Å². The number of benzene rings is 1. The van der Waals surface area contributed by atoms with Gasteiger partial charge in [0.15, 0.2) is 0 Å². The van der Waals surface area contributed by atoms with Gasteiger partial charge in [0.1, 0.15) is 0 Å². The molecule has 0 aromatic heterocycles. The quantitative estimate of drug-likeness (QED) is 0.774. The Morgan fingerprint density at radius 2 is 1.81 bits per heavy atom. The van der Waals surface area contributed by atoms with Gasteiger partial charge in [-0.25, -0.2) is 0 Å². The third kappa shape index (κ3) is 2.56. The van der Waals surface area contributed by atoms with Gasteiger partial charge in [-0.05, 0) is 30.0 Å². The highest BCUT2D eigenvalue weighted by Crippen LogP contribution is 2.22. The Morgan fingerprint density at radius 1 is 1.19 bits per heavy atom. The Balaban J connectivity index is 2.06. The first-order valence-electron chi connectivity index (χ1n) is 6.24. The van der Waals surface area contributed by atoms with Crippen LogP contribution in [0.4, 0.5) is 5.69 Å². The number of hydrogen-bond acceptors (Lipinski definition) is 2. The van der Waals surface area contributed by atoms with Crippen molar-refractivity contribution in [3.63, 3.8) is 0 Å². The Hall–Kier alpha value is -1.02. The highest BCUT2D eigenvalue weighted by Gasteiger charge is 2.11. The summed E-state index contributed by atoms with van der Waals surface area (Å²) in [6.45, 7) is 8.26. The molecular formula is C14H21NO. The van der Waals surface area contributed by atoms with Crippen LogP contribution >= 0.6 is 0 Å². The maximum atomic E-state index is 5.36. The number of ether oxygens (including phenoxy) is 1. The molecule has 1 aliphatic rings. The van der Waals surface area contributed by atoms with Gasteiger partial charge >= 0.3 is 0 Å². The molecule has 1 fully saturated rings. The van der Waals surface area contributed by atoms with Gasteiger partial charge in [0.05, 0.1) is 13.2 Å². The maximum Gasteiger partial charge on any atom is 0.0642 e. The van der Waals surface area contributed by atoms with Crippen LogP contribution < -0.4 is 4.90 Å². The van der Waals surface area contributed by atoms with E-state index in [1.807, 2.05) is 0 Å². The van der Waals surface area contributed by atoms with Crippen LogP contribution in [0.3, 0.4) is 0 Å². The smallest absolute Gasteiger partial charge is 0.0642 e. The summed E-state index contributed by atoms with van der Waals surface area (Å²) in [7, 11) is 0.